The Morgan fingerprint density at radius 1 is 1.42 bits per heavy atom. The summed E-state index contributed by atoms with van der Waals surface area (Å²) in [5.41, 5.74) is 1.95. The second kappa shape index (κ2) is 5.65. The van der Waals surface area contributed by atoms with Gasteiger partial charge in [-0.2, -0.15) is 5.10 Å². The highest BCUT2D eigenvalue weighted by molar-refractivity contribution is 5.94. The number of carbonyl (C=O) groups is 1. The molecule has 19 heavy (non-hydrogen) atoms. The molecule has 0 aliphatic rings. The number of hydrogen-bond donors (Lipinski definition) is 1. The highest BCUT2D eigenvalue weighted by Crippen LogP contribution is 2.09. The number of benzene rings is 1. The smallest absolute Gasteiger partial charge is 0.254 e. The highest BCUT2D eigenvalue weighted by Gasteiger charge is 2.12. The summed E-state index contributed by atoms with van der Waals surface area (Å²) in [6.07, 6.45) is 2.66. The van der Waals surface area contributed by atoms with E-state index >= 15 is 0 Å². The molecule has 0 saturated heterocycles. The molecule has 0 unspecified atom stereocenters. The molecule has 0 radical (unpaired) electrons. The monoisotopic (exact) mass is 261 g/mol. The van der Waals surface area contributed by atoms with Gasteiger partial charge in [0.25, 0.3) is 5.91 Å². The Morgan fingerprint density at radius 2 is 2.16 bits per heavy atom. The molecule has 2 rings (SSSR count). The molecule has 1 N–H and O–H groups in total. The van der Waals surface area contributed by atoms with Gasteiger partial charge in [0, 0.05) is 25.4 Å². The second-order valence-electron chi connectivity index (χ2n) is 4.29. The lowest BCUT2D eigenvalue weighted by molar-refractivity contribution is 0.0947. The van der Waals surface area contributed by atoms with Crippen LogP contribution in [0.1, 0.15) is 28.5 Å². The third-order valence-electron chi connectivity index (χ3n) is 2.88. The first-order valence-corrected chi connectivity index (χ1v) is 6.16. The predicted molar refractivity (Wildman–Crippen MR) is 70.2 cm³/mol. The van der Waals surface area contributed by atoms with Crippen molar-refractivity contribution in [1.29, 1.82) is 0 Å². The van der Waals surface area contributed by atoms with Crippen LogP contribution in [0.4, 0.5) is 4.39 Å². The van der Waals surface area contributed by atoms with E-state index in [1.54, 1.807) is 16.8 Å². The van der Waals surface area contributed by atoms with Gasteiger partial charge in [-0.1, -0.05) is 19.1 Å². The molecule has 1 amide bonds. The van der Waals surface area contributed by atoms with E-state index in [9.17, 15) is 9.18 Å². The first-order valence-electron chi connectivity index (χ1n) is 6.16. The van der Waals surface area contributed by atoms with Crippen molar-refractivity contribution in [2.24, 2.45) is 7.05 Å². The summed E-state index contributed by atoms with van der Waals surface area (Å²) in [6, 6.07) is 5.94. The predicted octanol–water partition coefficient (Wildman–Crippen LogP) is 2.05. The molecule has 0 spiro atoms. The topological polar surface area (TPSA) is 46.9 Å². The molecule has 1 aromatic carbocycles. The fourth-order valence-electron chi connectivity index (χ4n) is 1.95. The number of hydrogen-bond acceptors (Lipinski definition) is 2. The molecule has 0 fully saturated rings. The lowest BCUT2D eigenvalue weighted by Crippen LogP contribution is -2.24. The summed E-state index contributed by atoms with van der Waals surface area (Å²) < 4.78 is 15.1. The summed E-state index contributed by atoms with van der Waals surface area (Å²) in [5, 5.41) is 7.00. The fourth-order valence-corrected chi connectivity index (χ4v) is 1.95. The Labute approximate surface area is 111 Å². The number of aromatic nitrogens is 2. The lowest BCUT2D eigenvalue weighted by Gasteiger charge is -2.05. The highest BCUT2D eigenvalue weighted by atomic mass is 19.1. The number of nitrogens with one attached hydrogen (secondary N) is 1. The van der Waals surface area contributed by atoms with E-state index < -0.39 is 11.7 Å². The average molecular weight is 261 g/mol. The zero-order chi connectivity index (χ0) is 13.8. The molecule has 4 nitrogen and oxygen atoms in total. The molecular formula is C14H16FN3O. The summed E-state index contributed by atoms with van der Waals surface area (Å²) in [4.78, 5) is 11.9. The largest absolute Gasteiger partial charge is 0.348 e. The van der Waals surface area contributed by atoms with Crippen LogP contribution in [0.15, 0.2) is 30.5 Å². The van der Waals surface area contributed by atoms with Crippen LogP contribution in [0.2, 0.25) is 0 Å². The Morgan fingerprint density at radius 3 is 2.84 bits per heavy atom. The van der Waals surface area contributed by atoms with Crippen molar-refractivity contribution >= 4 is 5.91 Å². The van der Waals surface area contributed by atoms with Crippen molar-refractivity contribution in [2.75, 3.05) is 0 Å². The van der Waals surface area contributed by atoms with Gasteiger partial charge in [0.2, 0.25) is 0 Å². The Hall–Kier alpha value is -2.17. The zero-order valence-electron chi connectivity index (χ0n) is 11.0. The second-order valence-corrected chi connectivity index (χ2v) is 4.29. The van der Waals surface area contributed by atoms with Gasteiger partial charge in [0.1, 0.15) is 5.82 Å². The van der Waals surface area contributed by atoms with E-state index in [1.807, 2.05) is 20.2 Å². The molecule has 100 valence electrons. The van der Waals surface area contributed by atoms with Gasteiger partial charge in [-0.25, -0.2) is 4.39 Å². The summed E-state index contributed by atoms with van der Waals surface area (Å²) in [6.45, 7) is 2.36. The number of nitrogens with zero attached hydrogens (tertiary/aromatic N) is 2. The van der Waals surface area contributed by atoms with E-state index in [4.69, 9.17) is 0 Å². The van der Waals surface area contributed by atoms with E-state index in [2.05, 4.69) is 10.4 Å². The minimum Gasteiger partial charge on any atom is -0.348 e. The molecule has 2 aromatic rings. The molecule has 0 aliphatic heterocycles. The van der Waals surface area contributed by atoms with Crippen LogP contribution in [-0.2, 0) is 20.0 Å². The maximum atomic E-state index is 13.4. The standard InChI is InChI=1S/C14H16FN3O/c1-3-13-10(9-18(2)17-13)8-16-14(19)11-6-4-5-7-12(11)15/h4-7,9H,3,8H2,1-2H3,(H,16,19). The molecule has 0 aliphatic carbocycles. The van der Waals surface area contributed by atoms with Crippen LogP contribution in [0.3, 0.4) is 0 Å². The van der Waals surface area contributed by atoms with Crippen molar-refractivity contribution < 1.29 is 9.18 Å². The van der Waals surface area contributed by atoms with Crippen molar-refractivity contribution in [3.8, 4) is 0 Å². The summed E-state index contributed by atoms with van der Waals surface area (Å²) >= 11 is 0. The van der Waals surface area contributed by atoms with Gasteiger partial charge >= 0.3 is 0 Å². The maximum absolute atomic E-state index is 13.4. The first-order chi connectivity index (χ1) is 9.11. The van der Waals surface area contributed by atoms with Gasteiger partial charge in [-0.05, 0) is 18.6 Å². The number of halogens is 1. The number of amides is 1. The molecule has 0 saturated carbocycles. The molecule has 5 heteroatoms. The van der Waals surface area contributed by atoms with Crippen molar-refractivity contribution in [1.82, 2.24) is 15.1 Å². The van der Waals surface area contributed by atoms with Gasteiger partial charge < -0.3 is 5.32 Å². The van der Waals surface area contributed by atoms with Crippen LogP contribution < -0.4 is 5.32 Å². The van der Waals surface area contributed by atoms with Crippen LogP contribution in [-0.4, -0.2) is 15.7 Å². The third-order valence-corrected chi connectivity index (χ3v) is 2.88. The van der Waals surface area contributed by atoms with Gasteiger partial charge in [-0.15, -0.1) is 0 Å². The van der Waals surface area contributed by atoms with Gasteiger partial charge in [0.15, 0.2) is 0 Å². The normalized spacial score (nSPS) is 10.5. The van der Waals surface area contributed by atoms with Crippen molar-refractivity contribution in [2.45, 2.75) is 19.9 Å². The van der Waals surface area contributed by atoms with Crippen LogP contribution >= 0.6 is 0 Å². The third kappa shape index (κ3) is 2.99. The first kappa shape index (κ1) is 13.3. The van der Waals surface area contributed by atoms with Crippen LogP contribution in [0, 0.1) is 5.82 Å². The van der Waals surface area contributed by atoms with Gasteiger partial charge in [-0.3, -0.25) is 9.48 Å². The number of rotatable bonds is 4. The van der Waals surface area contributed by atoms with Gasteiger partial charge in [0.05, 0.1) is 11.3 Å². The molecule has 1 heterocycles. The van der Waals surface area contributed by atoms with E-state index in [-0.39, 0.29) is 5.56 Å². The van der Waals surface area contributed by atoms with Crippen LogP contribution in [0.5, 0.6) is 0 Å². The summed E-state index contributed by atoms with van der Waals surface area (Å²) in [5.74, 6) is -0.925. The average Bonchev–Trinajstić information content (AvgIpc) is 2.77. The molecule has 1 aromatic heterocycles. The Balaban J connectivity index is 2.06. The molecule has 0 bridgehead atoms. The quantitative estimate of drug-likeness (QED) is 0.915. The van der Waals surface area contributed by atoms with E-state index in [0.717, 1.165) is 17.7 Å². The maximum Gasteiger partial charge on any atom is 0.254 e. The Bertz CT molecular complexity index is 592. The van der Waals surface area contributed by atoms with Crippen molar-refractivity contribution in [3.05, 3.63) is 53.1 Å². The molecule has 0 atom stereocenters. The minimum atomic E-state index is -0.512. The van der Waals surface area contributed by atoms with E-state index in [1.165, 1.54) is 12.1 Å². The SMILES string of the molecule is CCc1nn(C)cc1CNC(=O)c1ccccc1F. The zero-order valence-corrected chi connectivity index (χ0v) is 11.0. The molecular weight excluding hydrogens is 245 g/mol. The number of carbonyl (C=O) groups excluding carboxylic acids is 1. The van der Waals surface area contributed by atoms with Crippen molar-refractivity contribution in [3.63, 3.8) is 0 Å². The Kier molecular flexibility index (Phi) is 3.94. The fraction of sp³-hybridized carbons (Fsp3) is 0.286. The van der Waals surface area contributed by atoms with Crippen LogP contribution in [0.25, 0.3) is 0 Å². The minimum absolute atomic E-state index is 0.0597. The van der Waals surface area contributed by atoms with E-state index in [0.29, 0.717) is 6.54 Å². The summed E-state index contributed by atoms with van der Waals surface area (Å²) in [7, 11) is 1.83. The number of aryl methyl sites for hydroxylation is 2. The lowest BCUT2D eigenvalue weighted by atomic mass is 10.2.